The average Bonchev–Trinajstić information content (AvgIpc) is 2.37. The number of Topliss-reactive ketones (excluding diaryl/α,β-unsaturated/α-hetero) is 1. The second-order valence-corrected chi connectivity index (χ2v) is 4.32. The Morgan fingerprint density at radius 3 is 2.10 bits per heavy atom. The minimum Gasteiger partial charge on any atom is -0.294 e. The summed E-state index contributed by atoms with van der Waals surface area (Å²) >= 11 is 0. The Kier molecular flexibility index (Phi) is 3.61. The fourth-order valence-corrected chi connectivity index (χ4v) is 1.90. The van der Waals surface area contributed by atoms with E-state index in [0.29, 0.717) is 5.56 Å². The van der Waals surface area contributed by atoms with Crippen LogP contribution < -0.4 is 0 Å². The van der Waals surface area contributed by atoms with Crippen LogP contribution in [0, 0.1) is 5.82 Å². The molecule has 0 bridgehead atoms. The Bertz CT molecular complexity index is 642. The van der Waals surface area contributed by atoms with Crippen LogP contribution in [-0.2, 0) is 6.18 Å². The molecule has 0 N–H and O–H groups in total. The Hall–Kier alpha value is -2.17. The van der Waals surface area contributed by atoms with Gasteiger partial charge in [-0.2, -0.15) is 13.2 Å². The molecule has 0 aliphatic carbocycles. The summed E-state index contributed by atoms with van der Waals surface area (Å²) in [4.78, 5) is 11.5. The molecule has 0 saturated heterocycles. The van der Waals surface area contributed by atoms with Gasteiger partial charge >= 0.3 is 6.18 Å². The number of carbonyl (C=O) groups is 1. The van der Waals surface area contributed by atoms with Gasteiger partial charge in [0.15, 0.2) is 5.78 Å². The summed E-state index contributed by atoms with van der Waals surface area (Å²) in [5, 5.41) is 0. The number of benzene rings is 2. The van der Waals surface area contributed by atoms with Gasteiger partial charge in [0.25, 0.3) is 0 Å². The fourth-order valence-electron chi connectivity index (χ4n) is 1.90. The highest BCUT2D eigenvalue weighted by Gasteiger charge is 2.30. The maximum absolute atomic E-state index is 13.3. The van der Waals surface area contributed by atoms with Gasteiger partial charge in [-0.3, -0.25) is 4.79 Å². The zero-order chi connectivity index (χ0) is 14.9. The molecule has 0 amide bonds. The van der Waals surface area contributed by atoms with E-state index in [-0.39, 0.29) is 16.9 Å². The van der Waals surface area contributed by atoms with Crippen LogP contribution in [-0.4, -0.2) is 5.78 Å². The predicted molar refractivity (Wildman–Crippen MR) is 66.8 cm³/mol. The Balaban J connectivity index is 2.52. The number of rotatable bonds is 2. The molecule has 2 aromatic carbocycles. The zero-order valence-corrected chi connectivity index (χ0v) is 10.5. The third-order valence-electron chi connectivity index (χ3n) is 2.88. The van der Waals surface area contributed by atoms with Crippen LogP contribution in [0.5, 0.6) is 0 Å². The first-order valence-electron chi connectivity index (χ1n) is 5.77. The topological polar surface area (TPSA) is 17.1 Å². The molecular formula is C15H10F4O. The number of ketones is 1. The van der Waals surface area contributed by atoms with E-state index in [1.807, 2.05) is 0 Å². The highest BCUT2D eigenvalue weighted by atomic mass is 19.4. The van der Waals surface area contributed by atoms with E-state index >= 15 is 0 Å². The summed E-state index contributed by atoms with van der Waals surface area (Å²) in [5.41, 5.74) is 0.127. The van der Waals surface area contributed by atoms with Crippen molar-refractivity contribution in [2.75, 3.05) is 0 Å². The third kappa shape index (κ3) is 2.87. The van der Waals surface area contributed by atoms with Crippen molar-refractivity contribution in [1.29, 1.82) is 0 Å². The molecule has 0 fully saturated rings. The molecule has 0 unspecified atom stereocenters. The molecule has 0 saturated carbocycles. The quantitative estimate of drug-likeness (QED) is 0.575. The van der Waals surface area contributed by atoms with Crippen molar-refractivity contribution in [3.05, 3.63) is 59.4 Å². The van der Waals surface area contributed by atoms with Crippen molar-refractivity contribution in [1.82, 2.24) is 0 Å². The van der Waals surface area contributed by atoms with E-state index in [1.165, 1.54) is 25.1 Å². The average molecular weight is 282 g/mol. The maximum Gasteiger partial charge on any atom is 0.416 e. The molecule has 0 spiro atoms. The van der Waals surface area contributed by atoms with Crippen molar-refractivity contribution in [3.63, 3.8) is 0 Å². The monoisotopic (exact) mass is 282 g/mol. The molecule has 0 aliphatic heterocycles. The largest absolute Gasteiger partial charge is 0.416 e. The van der Waals surface area contributed by atoms with Crippen molar-refractivity contribution < 1.29 is 22.4 Å². The minimum atomic E-state index is -4.43. The number of carbonyl (C=O) groups excluding carboxylic acids is 1. The van der Waals surface area contributed by atoms with E-state index in [1.54, 1.807) is 0 Å². The van der Waals surface area contributed by atoms with Gasteiger partial charge in [0.1, 0.15) is 5.82 Å². The Morgan fingerprint density at radius 2 is 1.60 bits per heavy atom. The van der Waals surface area contributed by atoms with Crippen LogP contribution in [0.4, 0.5) is 17.6 Å². The van der Waals surface area contributed by atoms with E-state index in [9.17, 15) is 22.4 Å². The third-order valence-corrected chi connectivity index (χ3v) is 2.88. The van der Waals surface area contributed by atoms with Crippen molar-refractivity contribution in [3.8, 4) is 11.1 Å². The highest BCUT2D eigenvalue weighted by Crippen LogP contribution is 2.32. The van der Waals surface area contributed by atoms with Gasteiger partial charge in [0, 0.05) is 5.56 Å². The molecule has 1 nitrogen and oxygen atoms in total. The van der Waals surface area contributed by atoms with Crippen LogP contribution in [0.1, 0.15) is 22.8 Å². The normalized spacial score (nSPS) is 11.4. The highest BCUT2D eigenvalue weighted by molar-refractivity contribution is 6.00. The molecule has 0 heterocycles. The minimum absolute atomic E-state index is 0.270. The van der Waals surface area contributed by atoms with Crippen molar-refractivity contribution >= 4 is 5.78 Å². The van der Waals surface area contributed by atoms with Crippen LogP contribution in [0.2, 0.25) is 0 Å². The first kappa shape index (κ1) is 14.2. The van der Waals surface area contributed by atoms with Gasteiger partial charge in [-0.15, -0.1) is 0 Å². The number of halogens is 4. The molecule has 104 valence electrons. The smallest absolute Gasteiger partial charge is 0.294 e. The zero-order valence-electron chi connectivity index (χ0n) is 10.5. The summed E-state index contributed by atoms with van der Waals surface area (Å²) in [7, 11) is 0. The maximum atomic E-state index is 13.3. The Labute approximate surface area is 112 Å². The summed E-state index contributed by atoms with van der Waals surface area (Å²) in [5.74, 6) is -0.829. The van der Waals surface area contributed by atoms with Gasteiger partial charge in [0.2, 0.25) is 0 Å². The summed E-state index contributed by atoms with van der Waals surface area (Å²) in [6.07, 6.45) is -4.43. The summed E-state index contributed by atoms with van der Waals surface area (Å²) < 4.78 is 50.7. The van der Waals surface area contributed by atoms with Gasteiger partial charge < -0.3 is 0 Å². The lowest BCUT2D eigenvalue weighted by molar-refractivity contribution is -0.137. The predicted octanol–water partition coefficient (Wildman–Crippen LogP) is 4.71. The van der Waals surface area contributed by atoms with E-state index in [4.69, 9.17) is 0 Å². The van der Waals surface area contributed by atoms with Crippen molar-refractivity contribution in [2.24, 2.45) is 0 Å². The number of hydrogen-bond acceptors (Lipinski definition) is 1. The van der Waals surface area contributed by atoms with Gasteiger partial charge in [-0.25, -0.2) is 4.39 Å². The summed E-state index contributed by atoms with van der Waals surface area (Å²) in [6.45, 7) is 1.32. The first-order valence-corrected chi connectivity index (χ1v) is 5.77. The van der Waals surface area contributed by atoms with E-state index in [2.05, 4.69) is 0 Å². The van der Waals surface area contributed by atoms with Crippen LogP contribution in [0.3, 0.4) is 0 Å². The van der Waals surface area contributed by atoms with E-state index < -0.39 is 17.6 Å². The van der Waals surface area contributed by atoms with Crippen LogP contribution >= 0.6 is 0 Å². The molecule has 0 aromatic heterocycles. The molecule has 0 radical (unpaired) electrons. The molecule has 0 atom stereocenters. The van der Waals surface area contributed by atoms with Gasteiger partial charge in [0.05, 0.1) is 5.56 Å². The molecule has 2 aromatic rings. The van der Waals surface area contributed by atoms with Crippen molar-refractivity contribution in [2.45, 2.75) is 13.1 Å². The lowest BCUT2D eigenvalue weighted by Crippen LogP contribution is -2.04. The molecule has 5 heteroatoms. The van der Waals surface area contributed by atoms with E-state index in [0.717, 1.165) is 24.3 Å². The van der Waals surface area contributed by atoms with Crippen LogP contribution in [0.15, 0.2) is 42.5 Å². The lowest BCUT2D eigenvalue weighted by atomic mass is 9.96. The van der Waals surface area contributed by atoms with Gasteiger partial charge in [-0.1, -0.05) is 12.1 Å². The first-order chi connectivity index (χ1) is 9.29. The number of hydrogen-bond donors (Lipinski definition) is 0. The number of alkyl halides is 3. The standard InChI is InChI=1S/C15H10F4O/c1-9(20)13-7-6-12(16)8-14(13)10-2-4-11(5-3-10)15(17,18)19/h2-8H,1H3. The second-order valence-electron chi connectivity index (χ2n) is 4.32. The molecular weight excluding hydrogens is 272 g/mol. The SMILES string of the molecule is CC(=O)c1ccc(F)cc1-c1ccc(C(F)(F)F)cc1. The van der Waals surface area contributed by atoms with Gasteiger partial charge in [-0.05, 0) is 48.4 Å². The second kappa shape index (κ2) is 5.07. The molecule has 2 rings (SSSR count). The summed E-state index contributed by atoms with van der Waals surface area (Å²) in [6, 6.07) is 7.87. The fraction of sp³-hybridized carbons (Fsp3) is 0.133. The molecule has 0 aliphatic rings. The van der Waals surface area contributed by atoms with Crippen LogP contribution in [0.25, 0.3) is 11.1 Å². The lowest BCUT2D eigenvalue weighted by Gasteiger charge is -2.10. The Morgan fingerprint density at radius 1 is 1.00 bits per heavy atom. The molecule has 20 heavy (non-hydrogen) atoms.